The third kappa shape index (κ3) is 3.84. The summed E-state index contributed by atoms with van der Waals surface area (Å²) in [6, 6.07) is 3.66. The normalized spacial score (nSPS) is 21.0. The number of aryl methyl sites for hydroxylation is 1. The number of hydrogen-bond donors (Lipinski definition) is 0. The van der Waals surface area contributed by atoms with Gasteiger partial charge in [-0.1, -0.05) is 12.1 Å². The first-order chi connectivity index (χ1) is 14.0. The van der Waals surface area contributed by atoms with E-state index in [1.54, 1.807) is 0 Å². The Morgan fingerprint density at radius 2 is 2.03 bits per heavy atom. The largest absolute Gasteiger partial charge is 0.416 e. The molecule has 0 bridgehead atoms. The smallest absolute Gasteiger partial charge is 0.335 e. The molecule has 1 atom stereocenters. The van der Waals surface area contributed by atoms with Gasteiger partial charge in [-0.2, -0.15) is 18.3 Å². The second-order valence-corrected chi connectivity index (χ2v) is 7.70. The minimum absolute atomic E-state index is 0.0786. The molecule has 1 amide bonds. The van der Waals surface area contributed by atoms with Crippen molar-refractivity contribution in [2.24, 2.45) is 0 Å². The summed E-state index contributed by atoms with van der Waals surface area (Å²) >= 11 is 0. The van der Waals surface area contributed by atoms with E-state index in [0.29, 0.717) is 25.1 Å². The molecule has 2 aliphatic heterocycles. The molecule has 3 heterocycles. The van der Waals surface area contributed by atoms with E-state index in [0.717, 1.165) is 21.7 Å². The summed E-state index contributed by atoms with van der Waals surface area (Å²) in [6.45, 7) is -0.943. The second-order valence-electron chi connectivity index (χ2n) is 7.70. The minimum Gasteiger partial charge on any atom is -0.335 e. The van der Waals surface area contributed by atoms with Crippen LogP contribution in [0.3, 0.4) is 0 Å². The lowest BCUT2D eigenvalue weighted by atomic mass is 10.0. The molecule has 11 heteroatoms. The van der Waals surface area contributed by atoms with Crippen LogP contribution in [-0.4, -0.2) is 44.2 Å². The fraction of sp³-hybridized carbons (Fsp3) is 0.526. The number of carbonyl (C=O) groups is 1. The number of aromatic nitrogens is 3. The molecule has 1 saturated heterocycles. The van der Waals surface area contributed by atoms with Gasteiger partial charge in [0.05, 0.1) is 18.7 Å². The number of likely N-dealkylation sites (tertiary alicyclic amines) is 1. The molecule has 0 spiro atoms. The van der Waals surface area contributed by atoms with Gasteiger partial charge in [0.25, 0.3) is 5.92 Å². The Hall–Kier alpha value is -2.72. The van der Waals surface area contributed by atoms with Crippen LogP contribution in [0.1, 0.15) is 42.3 Å². The van der Waals surface area contributed by atoms with E-state index in [-0.39, 0.29) is 18.7 Å². The van der Waals surface area contributed by atoms with Crippen LogP contribution in [0, 0.1) is 0 Å². The van der Waals surface area contributed by atoms with E-state index < -0.39 is 48.3 Å². The fourth-order valence-corrected chi connectivity index (χ4v) is 4.02. The van der Waals surface area contributed by atoms with Crippen LogP contribution in [0.4, 0.5) is 22.0 Å². The molecule has 6 nitrogen and oxygen atoms in total. The molecule has 0 saturated carbocycles. The maximum absolute atomic E-state index is 13.5. The molecule has 0 N–H and O–H groups in total. The van der Waals surface area contributed by atoms with Crippen molar-refractivity contribution in [1.29, 1.82) is 0 Å². The predicted molar refractivity (Wildman–Crippen MR) is 95.2 cm³/mol. The summed E-state index contributed by atoms with van der Waals surface area (Å²) in [4.78, 5) is 26.7. The van der Waals surface area contributed by atoms with Crippen LogP contribution in [0.25, 0.3) is 0 Å². The summed E-state index contributed by atoms with van der Waals surface area (Å²) < 4.78 is 68.0. The highest BCUT2D eigenvalue weighted by molar-refractivity contribution is 5.81. The van der Waals surface area contributed by atoms with Crippen molar-refractivity contribution in [2.75, 3.05) is 13.1 Å². The standard InChI is InChI=1S/C19H19F5N4O2/c20-18(21)7-8-26(11-18)16(29)14-5-2-6-15-25-27(17(30)28(14)15)10-12-3-1-4-13(9-12)19(22,23)24/h1,3-4,9,14H,2,5-8,10-11H2/t14-/m0/s1. The van der Waals surface area contributed by atoms with Gasteiger partial charge in [0.15, 0.2) is 0 Å². The number of alkyl halides is 5. The molecule has 1 aromatic carbocycles. The zero-order chi connectivity index (χ0) is 21.7. The lowest BCUT2D eigenvalue weighted by Crippen LogP contribution is -2.42. The van der Waals surface area contributed by atoms with Gasteiger partial charge in [0.2, 0.25) is 5.91 Å². The van der Waals surface area contributed by atoms with Gasteiger partial charge in [-0.25, -0.2) is 18.3 Å². The third-order valence-electron chi connectivity index (χ3n) is 5.48. The Morgan fingerprint density at radius 1 is 1.27 bits per heavy atom. The number of benzene rings is 1. The summed E-state index contributed by atoms with van der Waals surface area (Å²) in [5, 5.41) is 4.19. The predicted octanol–water partition coefficient (Wildman–Crippen LogP) is 2.86. The van der Waals surface area contributed by atoms with Crippen molar-refractivity contribution in [3.05, 3.63) is 51.7 Å². The molecular formula is C19H19F5N4O2. The van der Waals surface area contributed by atoms with Crippen molar-refractivity contribution >= 4 is 5.91 Å². The van der Waals surface area contributed by atoms with E-state index >= 15 is 0 Å². The van der Waals surface area contributed by atoms with E-state index in [1.165, 1.54) is 16.7 Å². The Balaban J connectivity index is 1.61. The number of rotatable bonds is 3. The van der Waals surface area contributed by atoms with Gasteiger partial charge in [-0.3, -0.25) is 9.36 Å². The first-order valence-electron chi connectivity index (χ1n) is 9.56. The monoisotopic (exact) mass is 430 g/mol. The van der Waals surface area contributed by atoms with Gasteiger partial charge < -0.3 is 4.90 Å². The maximum atomic E-state index is 13.5. The van der Waals surface area contributed by atoms with Gasteiger partial charge >= 0.3 is 11.9 Å². The van der Waals surface area contributed by atoms with Crippen LogP contribution in [-0.2, 0) is 23.9 Å². The molecule has 1 aromatic heterocycles. The van der Waals surface area contributed by atoms with Crippen LogP contribution in [0.5, 0.6) is 0 Å². The molecule has 0 radical (unpaired) electrons. The molecular weight excluding hydrogens is 411 g/mol. The topological polar surface area (TPSA) is 60.1 Å². The average molecular weight is 430 g/mol. The third-order valence-corrected chi connectivity index (χ3v) is 5.48. The first kappa shape index (κ1) is 20.5. The molecule has 0 unspecified atom stereocenters. The minimum atomic E-state index is -4.51. The molecule has 4 rings (SSSR count). The SMILES string of the molecule is O=C([C@@H]1CCCc2nn(Cc3cccc(C(F)(F)F)c3)c(=O)n21)N1CCC(F)(F)C1. The van der Waals surface area contributed by atoms with E-state index in [9.17, 15) is 31.5 Å². The Labute approximate surface area is 167 Å². The van der Waals surface area contributed by atoms with E-state index in [4.69, 9.17) is 0 Å². The van der Waals surface area contributed by atoms with Gasteiger partial charge in [-0.15, -0.1) is 0 Å². The number of halogens is 5. The highest BCUT2D eigenvalue weighted by atomic mass is 19.4. The van der Waals surface area contributed by atoms with Crippen molar-refractivity contribution in [3.8, 4) is 0 Å². The summed E-state index contributed by atoms with van der Waals surface area (Å²) in [6.07, 6.45) is -3.62. The first-order valence-corrected chi connectivity index (χ1v) is 9.56. The van der Waals surface area contributed by atoms with E-state index in [2.05, 4.69) is 5.10 Å². The van der Waals surface area contributed by atoms with Crippen molar-refractivity contribution in [3.63, 3.8) is 0 Å². The average Bonchev–Trinajstić information content (AvgIpc) is 3.20. The molecule has 162 valence electrons. The zero-order valence-corrected chi connectivity index (χ0v) is 15.8. The highest BCUT2D eigenvalue weighted by Crippen LogP contribution is 2.32. The highest BCUT2D eigenvalue weighted by Gasteiger charge is 2.43. The van der Waals surface area contributed by atoms with Crippen LogP contribution < -0.4 is 5.69 Å². The number of fused-ring (bicyclic) bond motifs is 1. The second kappa shape index (κ2) is 7.21. The van der Waals surface area contributed by atoms with Crippen molar-refractivity contribution < 1.29 is 26.7 Å². The summed E-state index contributed by atoms with van der Waals surface area (Å²) in [5.74, 6) is -3.15. The van der Waals surface area contributed by atoms with Crippen LogP contribution >= 0.6 is 0 Å². The Bertz CT molecular complexity index is 1030. The lowest BCUT2D eigenvalue weighted by molar-refractivity contribution is -0.137. The molecule has 2 aliphatic rings. The van der Waals surface area contributed by atoms with Crippen molar-refractivity contribution in [1.82, 2.24) is 19.2 Å². The van der Waals surface area contributed by atoms with E-state index in [1.807, 2.05) is 0 Å². The number of carbonyl (C=O) groups excluding carboxylic acids is 1. The van der Waals surface area contributed by atoms with Gasteiger partial charge in [0, 0.05) is 19.4 Å². The van der Waals surface area contributed by atoms with Crippen LogP contribution in [0.15, 0.2) is 29.1 Å². The molecule has 2 aromatic rings. The van der Waals surface area contributed by atoms with Gasteiger partial charge in [0.1, 0.15) is 11.9 Å². The zero-order valence-electron chi connectivity index (χ0n) is 15.8. The maximum Gasteiger partial charge on any atom is 0.416 e. The van der Waals surface area contributed by atoms with Crippen molar-refractivity contribution in [2.45, 2.75) is 50.4 Å². The Morgan fingerprint density at radius 3 is 2.70 bits per heavy atom. The number of amides is 1. The molecule has 30 heavy (non-hydrogen) atoms. The van der Waals surface area contributed by atoms with Crippen LogP contribution in [0.2, 0.25) is 0 Å². The summed E-state index contributed by atoms with van der Waals surface area (Å²) in [7, 11) is 0. The molecule has 1 fully saturated rings. The number of nitrogens with zero attached hydrogens (tertiary/aromatic N) is 4. The quantitative estimate of drug-likeness (QED) is 0.704. The lowest BCUT2D eigenvalue weighted by Gasteiger charge is -2.27. The summed E-state index contributed by atoms with van der Waals surface area (Å²) in [5.41, 5.74) is -1.23. The van der Waals surface area contributed by atoms with Gasteiger partial charge in [-0.05, 0) is 30.5 Å². The molecule has 0 aliphatic carbocycles. The Kier molecular flexibility index (Phi) is 4.94. The fourth-order valence-electron chi connectivity index (χ4n) is 4.02. The number of hydrogen-bond acceptors (Lipinski definition) is 3.